The summed E-state index contributed by atoms with van der Waals surface area (Å²) < 4.78 is 0. The lowest BCUT2D eigenvalue weighted by Gasteiger charge is -2.38. The van der Waals surface area contributed by atoms with Crippen molar-refractivity contribution in [3.8, 4) is 0 Å². The Morgan fingerprint density at radius 1 is 1.33 bits per heavy atom. The highest BCUT2D eigenvalue weighted by Gasteiger charge is 2.72. The standard InChI is InChI=1S/C17H22N2O2/c1-15(2)16(3)6-7-17(15,9-13(16)20)14(21)19-11-12-5-4-8-18-10-12/h4-5,8,10H,6-7,9,11H2,1-3H3,(H,19,21)/t16-,17-/m1/s1. The minimum Gasteiger partial charge on any atom is -0.351 e. The van der Waals surface area contributed by atoms with Gasteiger partial charge >= 0.3 is 0 Å². The number of carbonyl (C=O) groups is 2. The van der Waals surface area contributed by atoms with Crippen molar-refractivity contribution in [3.05, 3.63) is 30.1 Å². The van der Waals surface area contributed by atoms with E-state index in [2.05, 4.69) is 24.1 Å². The molecular formula is C17H22N2O2. The number of aromatic nitrogens is 1. The fraction of sp³-hybridized carbons (Fsp3) is 0.588. The SMILES string of the molecule is CC1(C)[C@]2(C(=O)NCc3cccnc3)CC[C@]1(C)C(=O)C2. The van der Waals surface area contributed by atoms with E-state index in [1.165, 1.54) is 0 Å². The van der Waals surface area contributed by atoms with Gasteiger partial charge in [0.15, 0.2) is 0 Å². The Morgan fingerprint density at radius 2 is 2.10 bits per heavy atom. The number of hydrogen-bond donors (Lipinski definition) is 1. The molecule has 2 saturated carbocycles. The van der Waals surface area contributed by atoms with Gasteiger partial charge in [-0.25, -0.2) is 0 Å². The van der Waals surface area contributed by atoms with Crippen LogP contribution in [0.15, 0.2) is 24.5 Å². The summed E-state index contributed by atoms with van der Waals surface area (Å²) >= 11 is 0. The van der Waals surface area contributed by atoms with Gasteiger partial charge in [-0.1, -0.05) is 26.8 Å². The molecule has 2 aliphatic rings. The molecule has 112 valence electrons. The van der Waals surface area contributed by atoms with E-state index in [0.29, 0.717) is 13.0 Å². The van der Waals surface area contributed by atoms with E-state index in [-0.39, 0.29) is 22.5 Å². The van der Waals surface area contributed by atoms with E-state index in [1.807, 2.05) is 19.1 Å². The number of rotatable bonds is 3. The largest absolute Gasteiger partial charge is 0.351 e. The van der Waals surface area contributed by atoms with Crippen LogP contribution < -0.4 is 5.32 Å². The maximum Gasteiger partial charge on any atom is 0.227 e. The average Bonchev–Trinajstić information content (AvgIpc) is 2.76. The Bertz CT molecular complexity index is 596. The molecule has 2 aliphatic carbocycles. The maximum absolute atomic E-state index is 12.8. The number of nitrogens with one attached hydrogen (secondary N) is 1. The van der Waals surface area contributed by atoms with Gasteiger partial charge in [0.25, 0.3) is 0 Å². The van der Waals surface area contributed by atoms with Crippen molar-refractivity contribution in [1.82, 2.24) is 10.3 Å². The van der Waals surface area contributed by atoms with Crippen LogP contribution in [0.1, 0.15) is 45.6 Å². The molecule has 0 unspecified atom stereocenters. The van der Waals surface area contributed by atoms with Crippen molar-refractivity contribution >= 4 is 11.7 Å². The molecule has 0 aromatic carbocycles. The van der Waals surface area contributed by atoms with E-state index >= 15 is 0 Å². The molecule has 1 heterocycles. The summed E-state index contributed by atoms with van der Waals surface area (Å²) in [5, 5.41) is 3.02. The number of nitrogens with zero attached hydrogens (tertiary/aromatic N) is 1. The van der Waals surface area contributed by atoms with Gasteiger partial charge < -0.3 is 5.32 Å². The Balaban J connectivity index is 1.80. The number of hydrogen-bond acceptors (Lipinski definition) is 3. The fourth-order valence-electron chi connectivity index (χ4n) is 4.21. The van der Waals surface area contributed by atoms with E-state index in [0.717, 1.165) is 18.4 Å². The first-order chi connectivity index (χ1) is 9.83. The zero-order valence-electron chi connectivity index (χ0n) is 12.9. The highest BCUT2D eigenvalue weighted by Crippen LogP contribution is 2.70. The lowest BCUT2D eigenvalue weighted by Crippen LogP contribution is -2.46. The Labute approximate surface area is 125 Å². The number of carbonyl (C=O) groups excluding carboxylic acids is 2. The molecule has 3 rings (SSSR count). The van der Waals surface area contributed by atoms with Gasteiger partial charge in [0, 0.05) is 30.8 Å². The molecule has 21 heavy (non-hydrogen) atoms. The van der Waals surface area contributed by atoms with Crippen LogP contribution in [0.25, 0.3) is 0 Å². The predicted molar refractivity (Wildman–Crippen MR) is 79.3 cm³/mol. The summed E-state index contributed by atoms with van der Waals surface area (Å²) in [5.74, 6) is 0.265. The van der Waals surface area contributed by atoms with Crippen LogP contribution >= 0.6 is 0 Å². The van der Waals surface area contributed by atoms with E-state index < -0.39 is 5.41 Å². The molecule has 2 atom stereocenters. The second-order valence-electron chi connectivity index (χ2n) is 7.18. The van der Waals surface area contributed by atoms with Gasteiger partial charge in [-0.2, -0.15) is 0 Å². The first-order valence-electron chi connectivity index (χ1n) is 7.54. The number of Topliss-reactive ketones (excluding diaryl/α,β-unsaturated/α-hetero) is 1. The molecule has 2 bridgehead atoms. The van der Waals surface area contributed by atoms with E-state index in [4.69, 9.17) is 0 Å². The third-order valence-corrected chi connectivity index (χ3v) is 6.32. The third kappa shape index (κ3) is 1.71. The van der Waals surface area contributed by atoms with Crippen LogP contribution in [-0.4, -0.2) is 16.7 Å². The van der Waals surface area contributed by atoms with Crippen LogP contribution in [-0.2, 0) is 16.1 Å². The average molecular weight is 286 g/mol. The molecule has 1 aromatic rings. The van der Waals surface area contributed by atoms with Crippen molar-refractivity contribution in [2.45, 2.75) is 46.6 Å². The van der Waals surface area contributed by atoms with Crippen molar-refractivity contribution in [1.29, 1.82) is 0 Å². The Hall–Kier alpha value is -1.71. The molecule has 0 aliphatic heterocycles. The highest BCUT2D eigenvalue weighted by atomic mass is 16.2. The summed E-state index contributed by atoms with van der Waals surface area (Å²) in [7, 11) is 0. The topological polar surface area (TPSA) is 59.1 Å². The van der Waals surface area contributed by atoms with Crippen molar-refractivity contribution in [3.63, 3.8) is 0 Å². The zero-order valence-corrected chi connectivity index (χ0v) is 12.9. The second kappa shape index (κ2) is 4.39. The summed E-state index contributed by atoms with van der Waals surface area (Å²) in [4.78, 5) is 29.2. The van der Waals surface area contributed by atoms with Crippen LogP contribution in [0.2, 0.25) is 0 Å². The van der Waals surface area contributed by atoms with Gasteiger partial charge in [0.2, 0.25) is 5.91 Å². The Morgan fingerprint density at radius 3 is 2.62 bits per heavy atom. The van der Waals surface area contributed by atoms with Crippen LogP contribution in [0.4, 0.5) is 0 Å². The molecule has 1 amide bonds. The third-order valence-electron chi connectivity index (χ3n) is 6.32. The van der Waals surface area contributed by atoms with E-state index in [9.17, 15) is 9.59 Å². The number of ketones is 1. The molecule has 4 nitrogen and oxygen atoms in total. The lowest BCUT2D eigenvalue weighted by atomic mass is 9.64. The molecule has 0 spiro atoms. The summed E-state index contributed by atoms with van der Waals surface area (Å²) in [6, 6.07) is 3.80. The normalized spacial score (nSPS) is 33.2. The fourth-order valence-corrected chi connectivity index (χ4v) is 4.21. The molecular weight excluding hydrogens is 264 g/mol. The van der Waals surface area contributed by atoms with Gasteiger partial charge in [-0.3, -0.25) is 14.6 Å². The summed E-state index contributed by atoms with van der Waals surface area (Å²) in [6.45, 7) is 6.65. The van der Waals surface area contributed by atoms with Crippen LogP contribution in [0.5, 0.6) is 0 Å². The monoisotopic (exact) mass is 286 g/mol. The maximum atomic E-state index is 12.8. The first-order valence-corrected chi connectivity index (χ1v) is 7.54. The second-order valence-corrected chi connectivity index (χ2v) is 7.18. The number of fused-ring (bicyclic) bond motifs is 2. The van der Waals surface area contributed by atoms with Crippen LogP contribution in [0, 0.1) is 16.2 Å². The minimum absolute atomic E-state index is 0.0194. The smallest absolute Gasteiger partial charge is 0.227 e. The summed E-state index contributed by atoms with van der Waals surface area (Å²) in [5.41, 5.74) is -0.194. The number of amides is 1. The lowest BCUT2D eigenvalue weighted by molar-refractivity contribution is -0.136. The van der Waals surface area contributed by atoms with Crippen molar-refractivity contribution in [2.75, 3.05) is 0 Å². The number of pyridine rings is 1. The molecule has 2 fully saturated rings. The van der Waals surface area contributed by atoms with Gasteiger partial charge in [-0.15, -0.1) is 0 Å². The van der Waals surface area contributed by atoms with Crippen molar-refractivity contribution in [2.24, 2.45) is 16.2 Å². The van der Waals surface area contributed by atoms with Gasteiger partial charge in [-0.05, 0) is 29.9 Å². The molecule has 1 aromatic heterocycles. The molecule has 0 saturated heterocycles. The van der Waals surface area contributed by atoms with Gasteiger partial charge in [0.1, 0.15) is 5.78 Å². The molecule has 4 heteroatoms. The predicted octanol–water partition coefficient (Wildman–Crippen LogP) is 2.48. The molecule has 1 N–H and O–H groups in total. The molecule has 0 radical (unpaired) electrons. The first kappa shape index (κ1) is 14.2. The highest BCUT2D eigenvalue weighted by molar-refractivity contribution is 5.99. The van der Waals surface area contributed by atoms with Gasteiger partial charge in [0.05, 0.1) is 5.41 Å². The minimum atomic E-state index is -0.541. The Kier molecular flexibility index (Phi) is 2.98. The quantitative estimate of drug-likeness (QED) is 0.928. The zero-order chi connectivity index (χ0) is 15.3. The van der Waals surface area contributed by atoms with E-state index in [1.54, 1.807) is 12.4 Å². The summed E-state index contributed by atoms with van der Waals surface area (Å²) in [6.07, 6.45) is 5.47. The van der Waals surface area contributed by atoms with Crippen molar-refractivity contribution < 1.29 is 9.59 Å². The van der Waals surface area contributed by atoms with Crippen LogP contribution in [0.3, 0.4) is 0 Å².